The van der Waals surface area contributed by atoms with Crippen molar-refractivity contribution in [3.05, 3.63) is 95.1 Å². The van der Waals surface area contributed by atoms with E-state index in [9.17, 15) is 14.4 Å². The lowest BCUT2D eigenvalue weighted by atomic mass is 10.1. The Morgan fingerprint density at radius 2 is 1.29 bits per heavy atom. The third-order valence-corrected chi connectivity index (χ3v) is 4.69. The van der Waals surface area contributed by atoms with Crippen LogP contribution in [0.1, 0.15) is 36.6 Å². The molecule has 7 heteroatoms. The van der Waals surface area contributed by atoms with Gasteiger partial charge in [-0.3, -0.25) is 14.4 Å². The maximum atomic E-state index is 12.7. The van der Waals surface area contributed by atoms with Gasteiger partial charge in [-0.25, -0.2) is 0 Å². The van der Waals surface area contributed by atoms with E-state index >= 15 is 0 Å². The quantitative estimate of drug-likeness (QED) is 0.616. The first-order valence-electron chi connectivity index (χ1n) is 9.61. The Hall–Kier alpha value is -4.13. The van der Waals surface area contributed by atoms with Gasteiger partial charge in [0.25, 0.3) is 11.8 Å². The molecule has 7 nitrogen and oxygen atoms in total. The lowest BCUT2D eigenvalue weighted by Gasteiger charge is -2.18. The van der Waals surface area contributed by atoms with E-state index < -0.39 is 5.91 Å². The summed E-state index contributed by atoms with van der Waals surface area (Å²) in [6, 6.07) is 20.4. The van der Waals surface area contributed by atoms with Gasteiger partial charge in [-0.2, -0.15) is 0 Å². The van der Waals surface area contributed by atoms with Crippen LogP contribution in [0.25, 0.3) is 0 Å². The summed E-state index contributed by atoms with van der Waals surface area (Å²) in [4.78, 5) is 37.1. The molecule has 0 unspecified atom stereocenters. The van der Waals surface area contributed by atoms with Crippen LogP contribution >= 0.6 is 0 Å². The Labute approximate surface area is 180 Å². The summed E-state index contributed by atoms with van der Waals surface area (Å²) >= 11 is 0. The lowest BCUT2D eigenvalue weighted by Crippen LogP contribution is -2.26. The van der Waals surface area contributed by atoms with Gasteiger partial charge in [-0.1, -0.05) is 12.1 Å². The van der Waals surface area contributed by atoms with Gasteiger partial charge in [0.05, 0.1) is 0 Å². The highest BCUT2D eigenvalue weighted by Crippen LogP contribution is 2.22. The minimum atomic E-state index is -0.499. The Morgan fingerprint density at radius 1 is 0.806 bits per heavy atom. The second-order valence-electron chi connectivity index (χ2n) is 6.95. The number of primary amides is 1. The third-order valence-electron chi connectivity index (χ3n) is 4.69. The maximum Gasteiger partial charge on any atom is 0.253 e. The van der Waals surface area contributed by atoms with Crippen molar-refractivity contribution < 1.29 is 19.1 Å². The third kappa shape index (κ3) is 5.48. The molecule has 158 valence electrons. The van der Waals surface area contributed by atoms with Crippen molar-refractivity contribution >= 4 is 17.7 Å². The van der Waals surface area contributed by atoms with E-state index in [0.29, 0.717) is 34.7 Å². The van der Waals surface area contributed by atoms with Gasteiger partial charge in [-0.05, 0) is 66.2 Å². The van der Waals surface area contributed by atoms with Crippen molar-refractivity contribution in [1.82, 2.24) is 10.2 Å². The van der Waals surface area contributed by atoms with Gasteiger partial charge in [0.15, 0.2) is 0 Å². The first-order chi connectivity index (χ1) is 14.9. The van der Waals surface area contributed by atoms with Gasteiger partial charge in [0.1, 0.15) is 11.5 Å². The SMILES string of the molecule is CNC(=O)c1ccc(CN(C)C(=O)c2ccc(Oc3ccc(C(N)=O)cc3)cc2)cc1. The minimum absolute atomic E-state index is 0.132. The zero-order valence-corrected chi connectivity index (χ0v) is 17.3. The fourth-order valence-electron chi connectivity index (χ4n) is 2.96. The standard InChI is InChI=1S/C24H23N3O4/c1-26-23(29)18-5-3-16(4-6-18)15-27(2)24(30)19-9-13-21(14-10-19)31-20-11-7-17(8-12-20)22(25)28/h3-14H,15H2,1-2H3,(H2,25,28)(H,26,29). The maximum absolute atomic E-state index is 12.7. The fourth-order valence-corrected chi connectivity index (χ4v) is 2.96. The summed E-state index contributed by atoms with van der Waals surface area (Å²) in [7, 11) is 3.30. The summed E-state index contributed by atoms with van der Waals surface area (Å²) in [5.74, 6) is 0.341. The van der Waals surface area contributed by atoms with Crippen molar-refractivity contribution in [3.63, 3.8) is 0 Å². The van der Waals surface area contributed by atoms with E-state index in [0.717, 1.165) is 5.56 Å². The number of nitrogens with one attached hydrogen (secondary N) is 1. The molecular formula is C24H23N3O4. The lowest BCUT2D eigenvalue weighted by molar-refractivity contribution is 0.0784. The van der Waals surface area contributed by atoms with Crippen molar-refractivity contribution in [2.24, 2.45) is 5.73 Å². The first kappa shape index (κ1) is 21.6. The van der Waals surface area contributed by atoms with Gasteiger partial charge < -0.3 is 20.7 Å². The van der Waals surface area contributed by atoms with Crippen molar-refractivity contribution in [1.29, 1.82) is 0 Å². The van der Waals surface area contributed by atoms with Crippen LogP contribution in [0, 0.1) is 0 Å². The summed E-state index contributed by atoms with van der Waals surface area (Å²) in [6.45, 7) is 0.414. The Morgan fingerprint density at radius 3 is 1.77 bits per heavy atom. The molecule has 0 aromatic heterocycles. The molecule has 0 atom stereocenters. The number of ether oxygens (including phenoxy) is 1. The highest BCUT2D eigenvalue weighted by Gasteiger charge is 2.13. The van der Waals surface area contributed by atoms with E-state index in [4.69, 9.17) is 10.5 Å². The molecule has 0 aliphatic heterocycles. The number of amides is 3. The molecule has 0 aliphatic carbocycles. The molecule has 0 radical (unpaired) electrons. The predicted octanol–water partition coefficient (Wildman–Crippen LogP) is 3.21. The number of nitrogens with two attached hydrogens (primary N) is 1. The summed E-state index contributed by atoms with van der Waals surface area (Å²) in [5, 5.41) is 2.58. The van der Waals surface area contributed by atoms with Crippen LogP contribution in [0.4, 0.5) is 0 Å². The van der Waals surface area contributed by atoms with Gasteiger partial charge in [0, 0.05) is 37.3 Å². The van der Waals surface area contributed by atoms with E-state index in [1.807, 2.05) is 12.1 Å². The van der Waals surface area contributed by atoms with Crippen molar-refractivity contribution in [3.8, 4) is 11.5 Å². The van der Waals surface area contributed by atoms with Crippen molar-refractivity contribution in [2.45, 2.75) is 6.54 Å². The van der Waals surface area contributed by atoms with Crippen LogP contribution in [0.2, 0.25) is 0 Å². The predicted molar refractivity (Wildman–Crippen MR) is 117 cm³/mol. The molecule has 0 aliphatic rings. The van der Waals surface area contributed by atoms with Crippen LogP contribution in [-0.2, 0) is 6.54 Å². The minimum Gasteiger partial charge on any atom is -0.457 e. The molecule has 0 saturated heterocycles. The molecule has 0 spiro atoms. The Balaban J connectivity index is 1.61. The first-order valence-corrected chi connectivity index (χ1v) is 9.61. The number of nitrogens with zero attached hydrogens (tertiary/aromatic N) is 1. The van der Waals surface area contributed by atoms with E-state index in [-0.39, 0.29) is 11.8 Å². The summed E-state index contributed by atoms with van der Waals surface area (Å²) < 4.78 is 5.73. The fraction of sp³-hybridized carbons (Fsp3) is 0.125. The van der Waals surface area contributed by atoms with Gasteiger partial charge >= 0.3 is 0 Å². The number of rotatable bonds is 7. The molecule has 3 rings (SSSR count). The average Bonchev–Trinajstić information content (AvgIpc) is 2.79. The Bertz CT molecular complexity index is 1080. The summed E-state index contributed by atoms with van der Waals surface area (Å²) in [5.41, 5.74) is 7.65. The zero-order valence-electron chi connectivity index (χ0n) is 17.3. The normalized spacial score (nSPS) is 10.3. The number of benzene rings is 3. The van der Waals surface area contributed by atoms with Crippen LogP contribution in [0.3, 0.4) is 0 Å². The Kier molecular flexibility index (Phi) is 6.67. The van der Waals surface area contributed by atoms with Gasteiger partial charge in [-0.15, -0.1) is 0 Å². The van der Waals surface area contributed by atoms with E-state index in [2.05, 4.69) is 5.32 Å². The number of carbonyl (C=O) groups excluding carboxylic acids is 3. The van der Waals surface area contributed by atoms with Crippen LogP contribution in [0.5, 0.6) is 11.5 Å². The van der Waals surface area contributed by atoms with Crippen LogP contribution in [0.15, 0.2) is 72.8 Å². The number of hydrogen-bond acceptors (Lipinski definition) is 4. The highest BCUT2D eigenvalue weighted by atomic mass is 16.5. The molecule has 3 N–H and O–H groups in total. The monoisotopic (exact) mass is 417 g/mol. The van der Waals surface area contributed by atoms with E-state index in [1.54, 1.807) is 79.7 Å². The molecule has 0 heterocycles. The second-order valence-corrected chi connectivity index (χ2v) is 6.95. The second kappa shape index (κ2) is 9.58. The van der Waals surface area contributed by atoms with Crippen molar-refractivity contribution in [2.75, 3.05) is 14.1 Å². The molecule has 0 saturated carbocycles. The molecular weight excluding hydrogens is 394 g/mol. The van der Waals surface area contributed by atoms with Crippen LogP contribution in [-0.4, -0.2) is 36.7 Å². The molecule has 0 fully saturated rings. The smallest absolute Gasteiger partial charge is 0.253 e. The molecule has 3 aromatic rings. The summed E-state index contributed by atoms with van der Waals surface area (Å²) in [6.07, 6.45) is 0. The van der Waals surface area contributed by atoms with Crippen LogP contribution < -0.4 is 15.8 Å². The molecule has 31 heavy (non-hydrogen) atoms. The largest absolute Gasteiger partial charge is 0.457 e. The number of carbonyl (C=O) groups is 3. The topological polar surface area (TPSA) is 102 Å². The molecule has 0 bridgehead atoms. The number of hydrogen-bond donors (Lipinski definition) is 2. The molecule has 3 aromatic carbocycles. The highest BCUT2D eigenvalue weighted by molar-refractivity contribution is 5.95. The van der Waals surface area contributed by atoms with E-state index in [1.165, 1.54) is 0 Å². The average molecular weight is 417 g/mol. The molecule has 3 amide bonds. The zero-order chi connectivity index (χ0) is 22.4. The van der Waals surface area contributed by atoms with Gasteiger partial charge in [0.2, 0.25) is 5.91 Å².